The van der Waals surface area contributed by atoms with Crippen LogP contribution < -0.4 is 0 Å². The summed E-state index contributed by atoms with van der Waals surface area (Å²) in [4.78, 5) is 12.5. The summed E-state index contributed by atoms with van der Waals surface area (Å²) in [6.45, 7) is 0. The van der Waals surface area contributed by atoms with Crippen LogP contribution in [0.25, 0.3) is 0 Å². The van der Waals surface area contributed by atoms with E-state index < -0.39 is 23.4 Å². The lowest BCUT2D eigenvalue weighted by Gasteiger charge is -2.41. The molecule has 7 nitrogen and oxygen atoms in total. The standard InChI is InChI=1S/C18H26N2O5S/c1-19-17(8-4-2-5-9-17)20(23)14(26-19)12-13-15(21)24-18(25-16(13)22)10-6-3-7-11-18/h12,21,23H,2-11H2,1H3/b14-12+. The third-order valence-electron chi connectivity index (χ3n) is 5.97. The van der Waals surface area contributed by atoms with Gasteiger partial charge in [0.1, 0.15) is 16.3 Å². The van der Waals surface area contributed by atoms with Gasteiger partial charge in [-0.05, 0) is 56.5 Å². The van der Waals surface area contributed by atoms with Crippen molar-refractivity contribution in [2.45, 2.75) is 75.7 Å². The maximum atomic E-state index is 12.5. The van der Waals surface area contributed by atoms with Crippen molar-refractivity contribution in [1.29, 1.82) is 0 Å². The fourth-order valence-corrected chi connectivity index (χ4v) is 5.56. The SMILES string of the molecule is CN1S/C(=C/C2=C(O)OC3(CCCCC3)OC2=O)N(O)C12CCCCC2. The fourth-order valence-electron chi connectivity index (χ4n) is 4.44. The van der Waals surface area contributed by atoms with Crippen LogP contribution in [0.15, 0.2) is 22.6 Å². The lowest BCUT2D eigenvalue weighted by Crippen LogP contribution is -2.51. The minimum Gasteiger partial charge on any atom is -0.480 e. The van der Waals surface area contributed by atoms with Crippen LogP contribution in [-0.2, 0) is 14.3 Å². The van der Waals surface area contributed by atoms with E-state index in [1.807, 2.05) is 11.4 Å². The first kappa shape index (κ1) is 18.0. The Morgan fingerprint density at radius 3 is 2.27 bits per heavy atom. The van der Waals surface area contributed by atoms with Crippen molar-refractivity contribution in [3.8, 4) is 0 Å². The Hall–Kier alpha value is -1.38. The highest BCUT2D eigenvalue weighted by atomic mass is 32.2. The predicted molar refractivity (Wildman–Crippen MR) is 95.5 cm³/mol. The Morgan fingerprint density at radius 1 is 1.04 bits per heavy atom. The number of hydrogen-bond donors (Lipinski definition) is 2. The van der Waals surface area contributed by atoms with Gasteiger partial charge >= 0.3 is 5.97 Å². The van der Waals surface area contributed by atoms with E-state index in [1.165, 1.54) is 29.5 Å². The van der Waals surface area contributed by atoms with Crippen LogP contribution in [0.3, 0.4) is 0 Å². The largest absolute Gasteiger partial charge is 0.480 e. The van der Waals surface area contributed by atoms with Crippen molar-refractivity contribution in [2.75, 3.05) is 7.05 Å². The van der Waals surface area contributed by atoms with Gasteiger partial charge in [-0.3, -0.25) is 5.21 Å². The van der Waals surface area contributed by atoms with Crippen molar-refractivity contribution in [3.05, 3.63) is 22.6 Å². The number of rotatable bonds is 1. The van der Waals surface area contributed by atoms with Crippen LogP contribution >= 0.6 is 11.9 Å². The Kier molecular flexibility index (Phi) is 4.61. The topological polar surface area (TPSA) is 82.5 Å². The Bertz CT molecular complexity index is 650. The average Bonchev–Trinajstić information content (AvgIpc) is 2.84. The van der Waals surface area contributed by atoms with Crippen molar-refractivity contribution >= 4 is 17.9 Å². The molecule has 3 fully saturated rings. The normalized spacial score (nSPS) is 30.2. The third-order valence-corrected chi connectivity index (χ3v) is 7.06. The lowest BCUT2D eigenvalue weighted by atomic mass is 9.89. The van der Waals surface area contributed by atoms with Crippen molar-refractivity contribution in [2.24, 2.45) is 0 Å². The summed E-state index contributed by atoms with van der Waals surface area (Å²) in [7, 11) is 1.95. The van der Waals surface area contributed by atoms with Crippen LogP contribution in [0.5, 0.6) is 0 Å². The lowest BCUT2D eigenvalue weighted by molar-refractivity contribution is -0.249. The van der Waals surface area contributed by atoms with E-state index in [0.29, 0.717) is 17.9 Å². The van der Waals surface area contributed by atoms with Crippen molar-refractivity contribution < 1.29 is 24.6 Å². The molecule has 0 aromatic carbocycles. The van der Waals surface area contributed by atoms with Gasteiger partial charge in [0.05, 0.1) is 0 Å². The molecule has 2 spiro atoms. The molecular weight excluding hydrogens is 356 g/mol. The zero-order chi connectivity index (χ0) is 18.4. The second-order valence-electron chi connectivity index (χ2n) is 7.61. The summed E-state index contributed by atoms with van der Waals surface area (Å²) >= 11 is 1.37. The van der Waals surface area contributed by atoms with Crippen LogP contribution in [0.4, 0.5) is 0 Å². The van der Waals surface area contributed by atoms with Gasteiger partial charge in [0.15, 0.2) is 0 Å². The number of nitrogens with zero attached hydrogens (tertiary/aromatic N) is 2. The van der Waals surface area contributed by atoms with Crippen LogP contribution in [0.1, 0.15) is 64.2 Å². The zero-order valence-electron chi connectivity index (χ0n) is 15.1. The molecule has 0 amide bonds. The highest BCUT2D eigenvalue weighted by Gasteiger charge is 2.50. The summed E-state index contributed by atoms with van der Waals surface area (Å²) in [5.74, 6) is -2.02. The van der Waals surface area contributed by atoms with Gasteiger partial charge in [-0.25, -0.2) is 14.2 Å². The van der Waals surface area contributed by atoms with E-state index in [4.69, 9.17) is 9.47 Å². The smallest absolute Gasteiger partial charge is 0.348 e. The quantitative estimate of drug-likeness (QED) is 0.524. The molecule has 144 valence electrons. The highest BCUT2D eigenvalue weighted by Crippen LogP contribution is 2.50. The molecule has 0 atom stereocenters. The van der Waals surface area contributed by atoms with Crippen molar-refractivity contribution in [1.82, 2.24) is 9.37 Å². The van der Waals surface area contributed by atoms with Gasteiger partial charge < -0.3 is 14.6 Å². The van der Waals surface area contributed by atoms with E-state index in [0.717, 1.165) is 44.9 Å². The summed E-state index contributed by atoms with van der Waals surface area (Å²) in [5.41, 5.74) is -0.487. The predicted octanol–water partition coefficient (Wildman–Crippen LogP) is 3.78. The van der Waals surface area contributed by atoms with E-state index >= 15 is 0 Å². The Morgan fingerprint density at radius 2 is 1.65 bits per heavy atom. The third kappa shape index (κ3) is 2.88. The van der Waals surface area contributed by atoms with Gasteiger partial charge in [0, 0.05) is 19.9 Å². The van der Waals surface area contributed by atoms with E-state index in [2.05, 4.69) is 0 Å². The highest BCUT2D eigenvalue weighted by molar-refractivity contribution is 8.01. The minimum absolute atomic E-state index is 0.0380. The number of aliphatic hydroxyl groups is 1. The van der Waals surface area contributed by atoms with E-state index in [9.17, 15) is 15.1 Å². The molecule has 2 saturated carbocycles. The summed E-state index contributed by atoms with van der Waals surface area (Å²) in [6.07, 6.45) is 10.5. The van der Waals surface area contributed by atoms with Gasteiger partial charge in [0.25, 0.3) is 11.7 Å². The van der Waals surface area contributed by atoms with Gasteiger partial charge in [-0.15, -0.1) is 0 Å². The molecule has 4 rings (SSSR count). The molecule has 2 N–H and O–H groups in total. The second kappa shape index (κ2) is 6.65. The molecule has 0 bridgehead atoms. The summed E-state index contributed by atoms with van der Waals surface area (Å²) in [5, 5.41) is 22.9. The Labute approximate surface area is 157 Å². The summed E-state index contributed by atoms with van der Waals surface area (Å²) < 4.78 is 13.2. The van der Waals surface area contributed by atoms with E-state index in [1.54, 1.807) is 0 Å². The molecule has 4 aliphatic rings. The monoisotopic (exact) mass is 382 g/mol. The minimum atomic E-state index is -1.02. The molecular formula is C18H26N2O5S. The van der Waals surface area contributed by atoms with Crippen LogP contribution in [0, 0.1) is 0 Å². The zero-order valence-corrected chi connectivity index (χ0v) is 15.9. The molecule has 0 aromatic heterocycles. The first-order chi connectivity index (χ1) is 12.5. The molecule has 0 radical (unpaired) electrons. The molecule has 0 aromatic rings. The van der Waals surface area contributed by atoms with Crippen LogP contribution in [-0.4, -0.2) is 44.1 Å². The molecule has 8 heteroatoms. The number of hydrogen-bond acceptors (Lipinski definition) is 8. The molecule has 2 aliphatic heterocycles. The number of aliphatic hydroxyl groups excluding tert-OH is 1. The molecule has 0 unspecified atom stereocenters. The maximum Gasteiger partial charge on any atom is 0.348 e. The van der Waals surface area contributed by atoms with E-state index in [-0.39, 0.29) is 5.57 Å². The average molecular weight is 382 g/mol. The molecule has 26 heavy (non-hydrogen) atoms. The first-order valence-electron chi connectivity index (χ1n) is 9.44. The molecule has 1 saturated heterocycles. The number of carbonyl (C=O) groups excluding carboxylic acids is 1. The van der Waals surface area contributed by atoms with Gasteiger partial charge in [-0.1, -0.05) is 12.8 Å². The number of ether oxygens (including phenoxy) is 2. The first-order valence-corrected chi connectivity index (χ1v) is 10.2. The number of carbonyl (C=O) groups is 1. The van der Waals surface area contributed by atoms with Crippen LogP contribution in [0.2, 0.25) is 0 Å². The van der Waals surface area contributed by atoms with Crippen molar-refractivity contribution in [3.63, 3.8) is 0 Å². The van der Waals surface area contributed by atoms with Gasteiger partial charge in [0.2, 0.25) is 0 Å². The second-order valence-corrected chi connectivity index (χ2v) is 8.76. The fraction of sp³-hybridized carbons (Fsp3) is 0.722. The maximum absolute atomic E-state index is 12.5. The number of hydroxylamine groups is 2. The molecule has 2 aliphatic carbocycles. The molecule has 2 heterocycles. The summed E-state index contributed by atoms with van der Waals surface area (Å²) in [6, 6.07) is 0. The Balaban J connectivity index is 1.59. The van der Waals surface area contributed by atoms with Gasteiger partial charge in [-0.2, -0.15) is 0 Å². The number of esters is 1.